The number of nitrogens with zero attached hydrogens (tertiary/aromatic N) is 1. The molecule has 1 saturated heterocycles. The Hall–Kier alpha value is -0.570. The van der Waals surface area contributed by atoms with E-state index in [9.17, 15) is 4.79 Å². The summed E-state index contributed by atoms with van der Waals surface area (Å²) in [6.45, 7) is 5.42. The van der Waals surface area contributed by atoms with Crippen LogP contribution in [-0.4, -0.2) is 30.4 Å². The fraction of sp³-hybridized carbons (Fsp3) is 0.900. The van der Waals surface area contributed by atoms with Gasteiger partial charge in [-0.25, -0.2) is 0 Å². The van der Waals surface area contributed by atoms with Crippen molar-refractivity contribution in [1.82, 2.24) is 4.90 Å². The van der Waals surface area contributed by atoms with E-state index in [1.165, 1.54) is 19.3 Å². The van der Waals surface area contributed by atoms with Crippen LogP contribution >= 0.6 is 0 Å². The molecule has 0 bridgehead atoms. The molecule has 1 aliphatic rings. The Kier molecular flexibility index (Phi) is 4.22. The topological polar surface area (TPSA) is 46.3 Å². The third kappa shape index (κ3) is 4.27. The van der Waals surface area contributed by atoms with E-state index in [2.05, 4.69) is 11.8 Å². The normalized spacial score (nSPS) is 25.5. The van der Waals surface area contributed by atoms with Gasteiger partial charge in [0, 0.05) is 13.0 Å². The molecule has 1 fully saturated rings. The van der Waals surface area contributed by atoms with Gasteiger partial charge in [0.1, 0.15) is 0 Å². The molecule has 1 heterocycles. The lowest BCUT2D eigenvalue weighted by Gasteiger charge is -2.18. The first kappa shape index (κ1) is 10.5. The second-order valence-corrected chi connectivity index (χ2v) is 4.09. The molecule has 0 aromatic carbocycles. The maximum absolute atomic E-state index is 10.6. The van der Waals surface area contributed by atoms with Crippen molar-refractivity contribution in [3.05, 3.63) is 0 Å². The van der Waals surface area contributed by atoms with Gasteiger partial charge in [-0.05, 0) is 38.3 Å². The highest BCUT2D eigenvalue weighted by Crippen LogP contribution is 2.16. The van der Waals surface area contributed by atoms with Crippen molar-refractivity contribution >= 4 is 5.91 Å². The Morgan fingerprint density at radius 1 is 1.46 bits per heavy atom. The van der Waals surface area contributed by atoms with Crippen molar-refractivity contribution in [1.29, 1.82) is 0 Å². The molecule has 3 nitrogen and oxygen atoms in total. The van der Waals surface area contributed by atoms with Crippen molar-refractivity contribution in [2.75, 3.05) is 19.6 Å². The van der Waals surface area contributed by atoms with E-state index in [4.69, 9.17) is 5.73 Å². The van der Waals surface area contributed by atoms with Crippen LogP contribution in [0.2, 0.25) is 0 Å². The SMILES string of the molecule is CC1CCCN(CCC(N)=O)CC1. The van der Waals surface area contributed by atoms with Crippen molar-refractivity contribution in [2.24, 2.45) is 11.7 Å². The van der Waals surface area contributed by atoms with E-state index in [-0.39, 0.29) is 5.91 Å². The molecular weight excluding hydrogens is 164 g/mol. The van der Waals surface area contributed by atoms with E-state index in [0.29, 0.717) is 6.42 Å². The van der Waals surface area contributed by atoms with Crippen LogP contribution in [0.15, 0.2) is 0 Å². The largest absolute Gasteiger partial charge is 0.370 e. The zero-order chi connectivity index (χ0) is 9.68. The summed E-state index contributed by atoms with van der Waals surface area (Å²) in [5.41, 5.74) is 5.11. The minimum atomic E-state index is -0.183. The van der Waals surface area contributed by atoms with Gasteiger partial charge in [0.15, 0.2) is 0 Å². The molecular formula is C10H20N2O. The standard InChI is InChI=1S/C10H20N2O/c1-9-3-2-6-12(7-4-9)8-5-10(11)13/h9H,2-8H2,1H3,(H2,11,13). The molecule has 0 aromatic heterocycles. The van der Waals surface area contributed by atoms with Gasteiger partial charge in [0.2, 0.25) is 5.91 Å². The zero-order valence-electron chi connectivity index (χ0n) is 8.46. The summed E-state index contributed by atoms with van der Waals surface area (Å²) in [4.78, 5) is 12.9. The first-order chi connectivity index (χ1) is 6.18. The van der Waals surface area contributed by atoms with Crippen LogP contribution in [0.5, 0.6) is 0 Å². The summed E-state index contributed by atoms with van der Waals surface area (Å²) in [5.74, 6) is 0.663. The Labute approximate surface area is 80.3 Å². The van der Waals surface area contributed by atoms with Gasteiger partial charge in [-0.2, -0.15) is 0 Å². The summed E-state index contributed by atoms with van der Waals surface area (Å²) < 4.78 is 0. The van der Waals surface area contributed by atoms with Gasteiger partial charge < -0.3 is 10.6 Å². The summed E-state index contributed by atoms with van der Waals surface area (Å²) in [5, 5.41) is 0. The minimum absolute atomic E-state index is 0.183. The van der Waals surface area contributed by atoms with Crippen LogP contribution < -0.4 is 5.73 Å². The van der Waals surface area contributed by atoms with Crippen LogP contribution in [0, 0.1) is 5.92 Å². The number of rotatable bonds is 3. The Balaban J connectivity index is 2.22. The van der Waals surface area contributed by atoms with Gasteiger partial charge >= 0.3 is 0 Å². The van der Waals surface area contributed by atoms with Crippen molar-refractivity contribution in [3.8, 4) is 0 Å². The molecule has 13 heavy (non-hydrogen) atoms. The quantitative estimate of drug-likeness (QED) is 0.711. The van der Waals surface area contributed by atoms with Crippen LogP contribution in [-0.2, 0) is 4.79 Å². The Bertz CT molecular complexity index is 170. The lowest BCUT2D eigenvalue weighted by atomic mass is 10.0. The summed E-state index contributed by atoms with van der Waals surface area (Å²) in [6.07, 6.45) is 4.36. The fourth-order valence-corrected chi connectivity index (χ4v) is 1.81. The number of likely N-dealkylation sites (tertiary alicyclic amines) is 1. The fourth-order valence-electron chi connectivity index (χ4n) is 1.81. The molecule has 3 heteroatoms. The van der Waals surface area contributed by atoms with Gasteiger partial charge in [0.25, 0.3) is 0 Å². The van der Waals surface area contributed by atoms with Gasteiger partial charge in [-0.3, -0.25) is 4.79 Å². The first-order valence-electron chi connectivity index (χ1n) is 5.19. The van der Waals surface area contributed by atoms with Gasteiger partial charge in [0.05, 0.1) is 0 Å². The third-order valence-electron chi connectivity index (χ3n) is 2.78. The molecule has 76 valence electrons. The zero-order valence-corrected chi connectivity index (χ0v) is 8.46. The summed E-state index contributed by atoms with van der Waals surface area (Å²) in [6, 6.07) is 0. The van der Waals surface area contributed by atoms with Crippen molar-refractivity contribution < 1.29 is 4.79 Å². The molecule has 0 radical (unpaired) electrons. The summed E-state index contributed by atoms with van der Waals surface area (Å²) in [7, 11) is 0. The van der Waals surface area contributed by atoms with E-state index >= 15 is 0 Å². The van der Waals surface area contributed by atoms with Crippen LogP contribution in [0.4, 0.5) is 0 Å². The number of hydrogen-bond acceptors (Lipinski definition) is 2. The van der Waals surface area contributed by atoms with E-state index in [1.54, 1.807) is 0 Å². The molecule has 2 N–H and O–H groups in total. The van der Waals surface area contributed by atoms with Gasteiger partial charge in [-0.1, -0.05) is 6.92 Å². The summed E-state index contributed by atoms with van der Waals surface area (Å²) >= 11 is 0. The van der Waals surface area contributed by atoms with Crippen LogP contribution in [0.3, 0.4) is 0 Å². The van der Waals surface area contributed by atoms with Crippen molar-refractivity contribution in [3.63, 3.8) is 0 Å². The average molecular weight is 184 g/mol. The number of amides is 1. The monoisotopic (exact) mass is 184 g/mol. The minimum Gasteiger partial charge on any atom is -0.370 e. The Morgan fingerprint density at radius 3 is 2.92 bits per heavy atom. The second-order valence-electron chi connectivity index (χ2n) is 4.09. The lowest BCUT2D eigenvalue weighted by molar-refractivity contribution is -0.118. The lowest BCUT2D eigenvalue weighted by Crippen LogP contribution is -2.29. The number of carbonyl (C=O) groups is 1. The molecule has 1 atom stereocenters. The highest BCUT2D eigenvalue weighted by atomic mass is 16.1. The molecule has 0 spiro atoms. The second kappa shape index (κ2) is 5.22. The van der Waals surface area contributed by atoms with Crippen molar-refractivity contribution in [2.45, 2.75) is 32.6 Å². The Morgan fingerprint density at radius 2 is 2.23 bits per heavy atom. The predicted molar refractivity (Wildman–Crippen MR) is 53.3 cm³/mol. The van der Waals surface area contributed by atoms with E-state index in [1.807, 2.05) is 0 Å². The maximum atomic E-state index is 10.6. The van der Waals surface area contributed by atoms with Gasteiger partial charge in [-0.15, -0.1) is 0 Å². The first-order valence-corrected chi connectivity index (χ1v) is 5.19. The number of hydrogen-bond donors (Lipinski definition) is 1. The molecule has 0 saturated carbocycles. The maximum Gasteiger partial charge on any atom is 0.218 e. The average Bonchev–Trinajstić information content (AvgIpc) is 2.27. The highest BCUT2D eigenvalue weighted by molar-refractivity contribution is 5.73. The van der Waals surface area contributed by atoms with Crippen LogP contribution in [0.1, 0.15) is 32.6 Å². The molecule has 0 aromatic rings. The number of carbonyl (C=O) groups excluding carboxylic acids is 1. The predicted octanol–water partition coefficient (Wildman–Crippen LogP) is 0.984. The molecule has 0 aliphatic carbocycles. The number of nitrogens with two attached hydrogens (primary N) is 1. The molecule has 1 unspecified atom stereocenters. The smallest absolute Gasteiger partial charge is 0.218 e. The molecule has 1 aliphatic heterocycles. The molecule has 1 rings (SSSR count). The number of primary amides is 1. The highest BCUT2D eigenvalue weighted by Gasteiger charge is 2.13. The van der Waals surface area contributed by atoms with Crippen LogP contribution in [0.25, 0.3) is 0 Å². The van der Waals surface area contributed by atoms with E-state index in [0.717, 1.165) is 25.6 Å². The molecule has 1 amide bonds. The van der Waals surface area contributed by atoms with E-state index < -0.39 is 0 Å². The third-order valence-corrected chi connectivity index (χ3v) is 2.78.